The molecular formula is C20H23NO. The minimum absolute atomic E-state index is 0.144. The van der Waals surface area contributed by atoms with Gasteiger partial charge in [0, 0.05) is 6.04 Å². The first-order valence-corrected chi connectivity index (χ1v) is 8.13. The molecule has 2 aromatic rings. The van der Waals surface area contributed by atoms with Gasteiger partial charge in [-0.3, -0.25) is 4.79 Å². The van der Waals surface area contributed by atoms with E-state index in [1.165, 1.54) is 11.1 Å². The summed E-state index contributed by atoms with van der Waals surface area (Å²) in [6, 6.07) is 21.3. The number of hydrogen-bond acceptors (Lipinski definition) is 1. The molecule has 0 aromatic heterocycles. The number of nitrogens with zero attached hydrogens (tertiary/aromatic N) is 1. The number of β-lactam (4-membered cyclic amide) rings is 1. The van der Waals surface area contributed by atoms with Crippen molar-refractivity contribution in [2.75, 3.05) is 0 Å². The molecule has 0 saturated carbocycles. The van der Waals surface area contributed by atoms with Crippen LogP contribution >= 0.6 is 0 Å². The molecule has 2 nitrogen and oxygen atoms in total. The van der Waals surface area contributed by atoms with E-state index in [1.807, 2.05) is 24.3 Å². The highest BCUT2D eigenvalue weighted by Crippen LogP contribution is 2.38. The summed E-state index contributed by atoms with van der Waals surface area (Å²) in [5, 5.41) is 0. The molecule has 1 heterocycles. The molecule has 0 bridgehead atoms. The lowest BCUT2D eigenvalue weighted by Gasteiger charge is -2.50. The number of benzene rings is 2. The highest BCUT2D eigenvalue weighted by Gasteiger charge is 2.47. The van der Waals surface area contributed by atoms with Gasteiger partial charge in [-0.15, -0.1) is 0 Å². The second-order valence-corrected chi connectivity index (χ2v) is 6.10. The Morgan fingerprint density at radius 1 is 1.00 bits per heavy atom. The van der Waals surface area contributed by atoms with Crippen LogP contribution in [0, 0.1) is 5.92 Å². The van der Waals surface area contributed by atoms with Gasteiger partial charge in [0.05, 0.1) is 12.0 Å². The first-order chi connectivity index (χ1) is 10.7. The summed E-state index contributed by atoms with van der Waals surface area (Å²) >= 11 is 0. The molecule has 0 aliphatic carbocycles. The summed E-state index contributed by atoms with van der Waals surface area (Å²) in [6.45, 7) is 4.25. The van der Waals surface area contributed by atoms with Crippen LogP contribution in [0.2, 0.25) is 0 Å². The molecule has 22 heavy (non-hydrogen) atoms. The average Bonchev–Trinajstić information content (AvgIpc) is 2.56. The Labute approximate surface area is 132 Å². The topological polar surface area (TPSA) is 20.3 Å². The van der Waals surface area contributed by atoms with Gasteiger partial charge in [0.15, 0.2) is 0 Å². The minimum Gasteiger partial charge on any atom is -0.332 e. The Balaban J connectivity index is 1.81. The lowest BCUT2D eigenvalue weighted by molar-refractivity contribution is -0.160. The lowest BCUT2D eigenvalue weighted by Crippen LogP contribution is -2.62. The van der Waals surface area contributed by atoms with Crippen molar-refractivity contribution in [3.63, 3.8) is 0 Å². The molecule has 0 N–H and O–H groups in total. The third-order valence-electron chi connectivity index (χ3n) is 4.82. The third kappa shape index (κ3) is 2.66. The molecule has 1 saturated heterocycles. The van der Waals surface area contributed by atoms with Crippen LogP contribution < -0.4 is 0 Å². The van der Waals surface area contributed by atoms with E-state index in [4.69, 9.17) is 0 Å². The van der Waals surface area contributed by atoms with Crippen LogP contribution in [0.1, 0.15) is 37.4 Å². The maximum Gasteiger partial charge on any atom is 0.228 e. The normalized spacial score (nSPS) is 22.3. The van der Waals surface area contributed by atoms with E-state index >= 15 is 0 Å². The summed E-state index contributed by atoms with van der Waals surface area (Å²) in [7, 11) is 0. The highest BCUT2D eigenvalue weighted by atomic mass is 16.2. The van der Waals surface area contributed by atoms with Crippen LogP contribution in [0.15, 0.2) is 60.7 Å². The van der Waals surface area contributed by atoms with Crippen molar-refractivity contribution in [3.8, 4) is 0 Å². The minimum atomic E-state index is 0.144. The van der Waals surface area contributed by atoms with Crippen molar-refractivity contribution >= 4 is 5.91 Å². The fourth-order valence-corrected chi connectivity index (χ4v) is 3.54. The summed E-state index contributed by atoms with van der Waals surface area (Å²) < 4.78 is 0. The van der Waals surface area contributed by atoms with Crippen molar-refractivity contribution in [2.24, 2.45) is 5.92 Å². The molecule has 1 aliphatic heterocycles. The molecule has 1 amide bonds. The van der Waals surface area contributed by atoms with Gasteiger partial charge in [-0.1, -0.05) is 67.6 Å². The lowest BCUT2D eigenvalue weighted by atomic mass is 9.79. The van der Waals surface area contributed by atoms with E-state index in [0.29, 0.717) is 11.9 Å². The van der Waals surface area contributed by atoms with E-state index in [2.05, 4.69) is 55.1 Å². The van der Waals surface area contributed by atoms with Crippen LogP contribution in [0.4, 0.5) is 0 Å². The fourth-order valence-electron chi connectivity index (χ4n) is 3.54. The summed E-state index contributed by atoms with van der Waals surface area (Å²) in [5.74, 6) is 0.478. The Morgan fingerprint density at radius 3 is 2.18 bits per heavy atom. The molecule has 3 atom stereocenters. The number of carbonyl (C=O) groups is 1. The van der Waals surface area contributed by atoms with Gasteiger partial charge in [0.25, 0.3) is 0 Å². The first kappa shape index (κ1) is 14.8. The predicted octanol–water partition coefficient (Wildman–Crippen LogP) is 4.23. The van der Waals surface area contributed by atoms with E-state index in [1.54, 1.807) is 0 Å². The second-order valence-electron chi connectivity index (χ2n) is 6.10. The predicted molar refractivity (Wildman–Crippen MR) is 89.4 cm³/mol. The zero-order valence-electron chi connectivity index (χ0n) is 13.3. The van der Waals surface area contributed by atoms with Crippen LogP contribution in [0.5, 0.6) is 0 Å². The quantitative estimate of drug-likeness (QED) is 0.756. The summed E-state index contributed by atoms with van der Waals surface area (Å²) in [6.07, 6.45) is 1.87. The standard InChI is InChI=1S/C20H23NO/c1-3-18-19(14-16-10-6-4-7-11-16)21(20(18)22)15(2)17-12-8-5-9-13-17/h4-13,15,18-19H,3,14H2,1-2H3/t15-,18-,19-/m0/s1. The van der Waals surface area contributed by atoms with Crippen molar-refractivity contribution in [3.05, 3.63) is 71.8 Å². The molecule has 1 fully saturated rings. The van der Waals surface area contributed by atoms with Gasteiger partial charge in [-0.05, 0) is 30.9 Å². The molecular weight excluding hydrogens is 270 g/mol. The highest BCUT2D eigenvalue weighted by molar-refractivity contribution is 5.86. The molecule has 3 rings (SSSR count). The van der Waals surface area contributed by atoms with E-state index in [9.17, 15) is 4.79 Å². The fraction of sp³-hybridized carbons (Fsp3) is 0.350. The Bertz CT molecular complexity index is 623. The van der Waals surface area contributed by atoms with E-state index in [-0.39, 0.29) is 12.0 Å². The molecule has 0 unspecified atom stereocenters. The Kier molecular flexibility index (Phi) is 4.28. The van der Waals surface area contributed by atoms with Crippen molar-refractivity contribution < 1.29 is 4.79 Å². The number of carbonyl (C=O) groups excluding carboxylic acids is 1. The molecule has 0 spiro atoms. The Hall–Kier alpha value is -2.09. The maximum absolute atomic E-state index is 12.5. The van der Waals surface area contributed by atoms with Gasteiger partial charge in [0.2, 0.25) is 5.91 Å². The summed E-state index contributed by atoms with van der Waals surface area (Å²) in [5.41, 5.74) is 2.52. The average molecular weight is 293 g/mol. The van der Waals surface area contributed by atoms with Crippen LogP contribution in [0.25, 0.3) is 0 Å². The SMILES string of the molecule is CC[C@@H]1C(=O)N([C@@H](C)c2ccccc2)[C@H]1Cc1ccccc1. The Morgan fingerprint density at radius 2 is 1.59 bits per heavy atom. The monoisotopic (exact) mass is 293 g/mol. The van der Waals surface area contributed by atoms with E-state index < -0.39 is 0 Å². The van der Waals surface area contributed by atoms with Crippen LogP contribution in [0.3, 0.4) is 0 Å². The van der Waals surface area contributed by atoms with Crippen LogP contribution in [-0.2, 0) is 11.2 Å². The maximum atomic E-state index is 12.5. The zero-order chi connectivity index (χ0) is 15.5. The largest absolute Gasteiger partial charge is 0.332 e. The second kappa shape index (κ2) is 6.35. The van der Waals surface area contributed by atoms with Gasteiger partial charge in [-0.2, -0.15) is 0 Å². The smallest absolute Gasteiger partial charge is 0.228 e. The molecule has 2 aromatic carbocycles. The number of likely N-dealkylation sites (tertiary alicyclic amines) is 1. The number of amides is 1. The number of hydrogen-bond donors (Lipinski definition) is 0. The molecule has 2 heteroatoms. The number of rotatable bonds is 5. The van der Waals surface area contributed by atoms with Gasteiger partial charge >= 0.3 is 0 Å². The van der Waals surface area contributed by atoms with Gasteiger partial charge in [0.1, 0.15) is 0 Å². The third-order valence-corrected chi connectivity index (χ3v) is 4.82. The van der Waals surface area contributed by atoms with Crippen molar-refractivity contribution in [1.82, 2.24) is 4.90 Å². The molecule has 0 radical (unpaired) electrons. The van der Waals surface area contributed by atoms with Crippen LogP contribution in [-0.4, -0.2) is 16.8 Å². The van der Waals surface area contributed by atoms with Gasteiger partial charge in [-0.25, -0.2) is 0 Å². The zero-order valence-corrected chi connectivity index (χ0v) is 13.3. The molecule has 1 aliphatic rings. The van der Waals surface area contributed by atoms with Gasteiger partial charge < -0.3 is 4.90 Å². The molecule has 114 valence electrons. The summed E-state index contributed by atoms with van der Waals surface area (Å²) in [4.78, 5) is 14.6. The van der Waals surface area contributed by atoms with E-state index in [0.717, 1.165) is 12.8 Å². The van der Waals surface area contributed by atoms with Crippen molar-refractivity contribution in [2.45, 2.75) is 38.8 Å². The first-order valence-electron chi connectivity index (χ1n) is 8.13. The van der Waals surface area contributed by atoms with Crippen molar-refractivity contribution in [1.29, 1.82) is 0 Å².